The molecule has 0 saturated heterocycles. The second kappa shape index (κ2) is 7.49. The number of carbonyl (C=O) groups excluding carboxylic acids is 2. The van der Waals surface area contributed by atoms with Gasteiger partial charge in [0.15, 0.2) is 0 Å². The average Bonchev–Trinajstić information content (AvgIpc) is 2.42. The Morgan fingerprint density at radius 1 is 1.26 bits per heavy atom. The maximum absolute atomic E-state index is 12.5. The van der Waals surface area contributed by atoms with Gasteiger partial charge in [-0.25, -0.2) is 0 Å². The molecule has 1 aromatic rings. The zero-order valence-corrected chi connectivity index (χ0v) is 14.5. The summed E-state index contributed by atoms with van der Waals surface area (Å²) in [4.78, 5) is 26.5. The molecular weight excluding hydrogens is 290 g/mol. The van der Waals surface area contributed by atoms with Crippen molar-refractivity contribution in [1.29, 1.82) is 0 Å². The Morgan fingerprint density at radius 3 is 2.48 bits per heavy atom. The monoisotopic (exact) mass is 317 g/mol. The Balaban J connectivity index is 2.17. The summed E-state index contributed by atoms with van der Waals surface area (Å²) in [5.74, 6) is 0.467. The van der Waals surface area contributed by atoms with Crippen molar-refractivity contribution < 1.29 is 9.59 Å². The van der Waals surface area contributed by atoms with Gasteiger partial charge in [-0.3, -0.25) is 9.59 Å². The summed E-state index contributed by atoms with van der Waals surface area (Å²) in [5, 5.41) is 5.87. The standard InChI is InChI=1S/C18H27N3O2/c1-12(2)11-19-18(23)15-10-14(8-9-16(15)21(3)4)20-17(22)13-6-5-7-13/h8-10,12-13H,5-7,11H2,1-4H3,(H,19,23)(H,20,22). The van der Waals surface area contributed by atoms with Gasteiger partial charge in [0.25, 0.3) is 5.91 Å². The summed E-state index contributed by atoms with van der Waals surface area (Å²) in [5.41, 5.74) is 2.11. The second-order valence-electron chi connectivity index (χ2n) is 6.85. The predicted molar refractivity (Wildman–Crippen MR) is 93.9 cm³/mol. The van der Waals surface area contributed by atoms with Crippen molar-refractivity contribution in [2.45, 2.75) is 33.1 Å². The minimum Gasteiger partial charge on any atom is -0.377 e. The highest BCUT2D eigenvalue weighted by atomic mass is 16.2. The van der Waals surface area contributed by atoms with Gasteiger partial charge in [0.2, 0.25) is 5.91 Å². The number of hydrogen-bond donors (Lipinski definition) is 2. The van der Waals surface area contributed by atoms with Crippen LogP contribution in [0.4, 0.5) is 11.4 Å². The normalized spacial score (nSPS) is 14.3. The van der Waals surface area contributed by atoms with Crippen molar-refractivity contribution >= 4 is 23.2 Å². The molecule has 1 saturated carbocycles. The number of nitrogens with zero attached hydrogens (tertiary/aromatic N) is 1. The van der Waals surface area contributed by atoms with Gasteiger partial charge in [0, 0.05) is 37.9 Å². The molecule has 1 fully saturated rings. The summed E-state index contributed by atoms with van der Waals surface area (Å²) in [6.45, 7) is 4.75. The largest absolute Gasteiger partial charge is 0.377 e. The van der Waals surface area contributed by atoms with Gasteiger partial charge < -0.3 is 15.5 Å². The first-order valence-electron chi connectivity index (χ1n) is 8.29. The maximum atomic E-state index is 12.5. The number of anilines is 2. The van der Waals surface area contributed by atoms with Crippen molar-refractivity contribution in [1.82, 2.24) is 5.32 Å². The van der Waals surface area contributed by atoms with Crippen LogP contribution in [0.1, 0.15) is 43.5 Å². The molecule has 2 N–H and O–H groups in total. The first-order chi connectivity index (χ1) is 10.9. The van der Waals surface area contributed by atoms with Crippen LogP contribution >= 0.6 is 0 Å². The van der Waals surface area contributed by atoms with Crippen LogP contribution in [0.2, 0.25) is 0 Å². The van der Waals surface area contributed by atoms with Crippen LogP contribution in [-0.4, -0.2) is 32.5 Å². The number of nitrogens with one attached hydrogen (secondary N) is 2. The van der Waals surface area contributed by atoms with Gasteiger partial charge in [-0.05, 0) is 37.0 Å². The fraction of sp³-hybridized carbons (Fsp3) is 0.556. The predicted octanol–water partition coefficient (Wildman–Crippen LogP) is 2.88. The highest BCUT2D eigenvalue weighted by Crippen LogP contribution is 2.29. The molecule has 5 heteroatoms. The molecule has 23 heavy (non-hydrogen) atoms. The van der Waals surface area contributed by atoms with Crippen LogP contribution in [0.25, 0.3) is 0 Å². The van der Waals surface area contributed by atoms with E-state index in [1.165, 1.54) is 0 Å². The van der Waals surface area contributed by atoms with Crippen molar-refractivity contribution in [3.8, 4) is 0 Å². The molecule has 0 unspecified atom stereocenters. The molecule has 5 nitrogen and oxygen atoms in total. The van der Waals surface area contributed by atoms with E-state index < -0.39 is 0 Å². The Kier molecular flexibility index (Phi) is 5.64. The van der Waals surface area contributed by atoms with Crippen LogP contribution < -0.4 is 15.5 Å². The molecule has 0 bridgehead atoms. The number of hydrogen-bond acceptors (Lipinski definition) is 3. The van der Waals surface area contributed by atoms with Crippen molar-refractivity contribution in [2.24, 2.45) is 11.8 Å². The number of benzene rings is 1. The van der Waals surface area contributed by atoms with Crippen molar-refractivity contribution in [3.05, 3.63) is 23.8 Å². The second-order valence-corrected chi connectivity index (χ2v) is 6.85. The fourth-order valence-electron chi connectivity index (χ4n) is 2.49. The third kappa shape index (κ3) is 4.47. The summed E-state index contributed by atoms with van der Waals surface area (Å²) in [6, 6.07) is 5.49. The van der Waals surface area contributed by atoms with E-state index in [0.717, 1.165) is 24.9 Å². The van der Waals surface area contributed by atoms with Gasteiger partial charge in [0.05, 0.1) is 5.56 Å². The van der Waals surface area contributed by atoms with E-state index in [1.54, 1.807) is 6.07 Å². The van der Waals surface area contributed by atoms with E-state index in [0.29, 0.717) is 23.7 Å². The average molecular weight is 317 g/mol. The lowest BCUT2D eigenvalue weighted by Crippen LogP contribution is -2.30. The molecule has 1 aromatic carbocycles. The van der Waals surface area contributed by atoms with E-state index in [4.69, 9.17) is 0 Å². The summed E-state index contributed by atoms with van der Waals surface area (Å²) in [6.07, 6.45) is 3.05. The first-order valence-corrected chi connectivity index (χ1v) is 8.29. The Labute approximate surface area is 138 Å². The van der Waals surface area contributed by atoms with Crippen LogP contribution in [0.15, 0.2) is 18.2 Å². The zero-order chi connectivity index (χ0) is 17.0. The zero-order valence-electron chi connectivity index (χ0n) is 14.5. The smallest absolute Gasteiger partial charge is 0.253 e. The Bertz CT molecular complexity index is 578. The van der Waals surface area contributed by atoms with Crippen molar-refractivity contribution in [2.75, 3.05) is 30.9 Å². The molecule has 0 aromatic heterocycles. The van der Waals surface area contributed by atoms with Gasteiger partial charge >= 0.3 is 0 Å². The highest BCUT2D eigenvalue weighted by Gasteiger charge is 2.25. The van der Waals surface area contributed by atoms with Gasteiger partial charge in [0.1, 0.15) is 0 Å². The lowest BCUT2D eigenvalue weighted by molar-refractivity contribution is -0.122. The molecule has 126 valence electrons. The molecule has 0 spiro atoms. The molecule has 0 aliphatic heterocycles. The summed E-state index contributed by atoms with van der Waals surface area (Å²) >= 11 is 0. The van der Waals surface area contributed by atoms with Crippen LogP contribution in [0, 0.1) is 11.8 Å². The minimum absolute atomic E-state index is 0.0578. The Morgan fingerprint density at radius 2 is 1.96 bits per heavy atom. The van der Waals surface area contributed by atoms with Crippen LogP contribution in [0.5, 0.6) is 0 Å². The van der Waals surface area contributed by atoms with E-state index in [2.05, 4.69) is 24.5 Å². The van der Waals surface area contributed by atoms with Crippen LogP contribution in [-0.2, 0) is 4.79 Å². The van der Waals surface area contributed by atoms with Gasteiger partial charge in [-0.15, -0.1) is 0 Å². The number of amides is 2. The first kappa shape index (κ1) is 17.3. The SMILES string of the molecule is CC(C)CNC(=O)c1cc(NC(=O)C2CCC2)ccc1N(C)C. The molecule has 1 aliphatic rings. The number of rotatable bonds is 6. The Hall–Kier alpha value is -2.04. The van der Waals surface area contributed by atoms with Crippen LogP contribution in [0.3, 0.4) is 0 Å². The van der Waals surface area contributed by atoms with Gasteiger partial charge in [-0.1, -0.05) is 20.3 Å². The third-order valence-corrected chi connectivity index (χ3v) is 4.14. The third-order valence-electron chi connectivity index (χ3n) is 4.14. The molecule has 0 radical (unpaired) electrons. The molecule has 2 amide bonds. The fourth-order valence-corrected chi connectivity index (χ4v) is 2.49. The van der Waals surface area contributed by atoms with E-state index in [1.807, 2.05) is 31.1 Å². The topological polar surface area (TPSA) is 61.4 Å². The quantitative estimate of drug-likeness (QED) is 0.848. The van der Waals surface area contributed by atoms with E-state index in [-0.39, 0.29) is 17.7 Å². The molecule has 1 aliphatic carbocycles. The molecule has 0 heterocycles. The van der Waals surface area contributed by atoms with E-state index >= 15 is 0 Å². The number of carbonyl (C=O) groups is 2. The molecule has 2 rings (SSSR count). The maximum Gasteiger partial charge on any atom is 0.253 e. The summed E-state index contributed by atoms with van der Waals surface area (Å²) in [7, 11) is 3.81. The lowest BCUT2D eigenvalue weighted by atomic mass is 9.85. The van der Waals surface area contributed by atoms with E-state index in [9.17, 15) is 9.59 Å². The van der Waals surface area contributed by atoms with Crippen molar-refractivity contribution in [3.63, 3.8) is 0 Å². The van der Waals surface area contributed by atoms with Gasteiger partial charge in [-0.2, -0.15) is 0 Å². The lowest BCUT2D eigenvalue weighted by Gasteiger charge is -2.24. The minimum atomic E-state index is -0.109. The molecular formula is C18H27N3O2. The highest BCUT2D eigenvalue weighted by molar-refractivity contribution is 6.02. The molecule has 0 atom stereocenters. The summed E-state index contributed by atoms with van der Waals surface area (Å²) < 4.78 is 0.